The van der Waals surface area contributed by atoms with Crippen LogP contribution in [0.3, 0.4) is 0 Å². The van der Waals surface area contributed by atoms with Crippen molar-refractivity contribution < 1.29 is 9.53 Å². The third kappa shape index (κ3) is 4.40. The lowest BCUT2D eigenvalue weighted by Gasteiger charge is -2.17. The second-order valence-electron chi connectivity index (χ2n) is 4.34. The number of benzene rings is 1. The number of carbonyl (C=O) groups excluding carboxylic acids is 1. The van der Waals surface area contributed by atoms with Crippen LogP contribution in [0.4, 0.5) is 5.69 Å². The van der Waals surface area contributed by atoms with Crippen LogP contribution in [-0.2, 0) is 4.74 Å². The summed E-state index contributed by atoms with van der Waals surface area (Å²) < 4.78 is 5.00. The molecule has 100 valence electrons. The Morgan fingerprint density at radius 2 is 2.11 bits per heavy atom. The second-order valence-corrected chi connectivity index (χ2v) is 4.34. The fourth-order valence-electron chi connectivity index (χ4n) is 1.91. The maximum Gasteiger partial charge on any atom is 0.338 e. The van der Waals surface area contributed by atoms with Gasteiger partial charge in [0, 0.05) is 11.7 Å². The van der Waals surface area contributed by atoms with Crippen molar-refractivity contribution in [1.29, 1.82) is 0 Å². The summed E-state index contributed by atoms with van der Waals surface area (Å²) in [6.07, 6.45) is 3.38. The number of esters is 1. The van der Waals surface area contributed by atoms with E-state index >= 15 is 0 Å². The lowest BCUT2D eigenvalue weighted by atomic mass is 10.1. The average molecular weight is 249 g/mol. The van der Waals surface area contributed by atoms with Crippen molar-refractivity contribution in [3.63, 3.8) is 0 Å². The molecule has 0 amide bonds. The van der Waals surface area contributed by atoms with Crippen LogP contribution in [-0.4, -0.2) is 18.6 Å². The highest BCUT2D eigenvalue weighted by molar-refractivity contribution is 5.90. The van der Waals surface area contributed by atoms with Gasteiger partial charge >= 0.3 is 5.97 Å². The van der Waals surface area contributed by atoms with Gasteiger partial charge in [0.05, 0.1) is 12.2 Å². The molecule has 3 nitrogen and oxygen atoms in total. The predicted octanol–water partition coefficient (Wildman–Crippen LogP) is 3.85. The summed E-state index contributed by atoms with van der Waals surface area (Å²) in [5.74, 6) is -0.260. The summed E-state index contributed by atoms with van der Waals surface area (Å²) in [6.45, 7) is 6.57. The number of carbonyl (C=O) groups is 1. The number of hydrogen-bond acceptors (Lipinski definition) is 3. The zero-order valence-corrected chi connectivity index (χ0v) is 11.5. The topological polar surface area (TPSA) is 38.3 Å². The molecule has 0 aromatic heterocycles. The van der Waals surface area contributed by atoms with Crippen molar-refractivity contribution in [2.45, 2.75) is 46.1 Å². The van der Waals surface area contributed by atoms with Gasteiger partial charge in [-0.05, 0) is 38.0 Å². The summed E-state index contributed by atoms with van der Waals surface area (Å²) in [5, 5.41) is 3.46. The molecule has 0 spiro atoms. The molecule has 18 heavy (non-hydrogen) atoms. The van der Waals surface area contributed by atoms with Crippen LogP contribution in [0, 0.1) is 0 Å². The zero-order valence-electron chi connectivity index (χ0n) is 11.5. The minimum absolute atomic E-state index is 0.260. The molecular weight excluding hydrogens is 226 g/mol. The molecule has 0 saturated carbocycles. The normalized spacial score (nSPS) is 11.9. The van der Waals surface area contributed by atoms with Gasteiger partial charge < -0.3 is 10.1 Å². The molecule has 0 radical (unpaired) electrons. The lowest BCUT2D eigenvalue weighted by molar-refractivity contribution is 0.0526. The molecule has 0 aliphatic rings. The molecule has 1 aromatic rings. The Hall–Kier alpha value is -1.51. The summed E-state index contributed by atoms with van der Waals surface area (Å²) >= 11 is 0. The van der Waals surface area contributed by atoms with Gasteiger partial charge in [-0.3, -0.25) is 0 Å². The fraction of sp³-hybridized carbons (Fsp3) is 0.533. The Morgan fingerprint density at radius 3 is 2.72 bits per heavy atom. The predicted molar refractivity (Wildman–Crippen MR) is 75.0 cm³/mol. The number of ether oxygens (including phenoxy) is 1. The van der Waals surface area contributed by atoms with Crippen LogP contribution in [0.25, 0.3) is 0 Å². The summed E-state index contributed by atoms with van der Waals surface area (Å²) in [5.41, 5.74) is 1.59. The standard InChI is InChI=1S/C15H23NO2/c1-4-8-13(5-2)16-14-10-7-9-12(11-14)15(17)18-6-3/h7,9-11,13,16H,4-6,8H2,1-3H3. The quantitative estimate of drug-likeness (QED) is 0.746. The second kappa shape index (κ2) is 7.75. The van der Waals surface area contributed by atoms with Gasteiger partial charge in [-0.1, -0.05) is 26.3 Å². The maximum atomic E-state index is 11.6. The van der Waals surface area contributed by atoms with E-state index in [-0.39, 0.29) is 5.97 Å². The van der Waals surface area contributed by atoms with Crippen molar-refractivity contribution in [2.24, 2.45) is 0 Å². The highest BCUT2D eigenvalue weighted by Gasteiger charge is 2.09. The van der Waals surface area contributed by atoms with Gasteiger partial charge in [0.2, 0.25) is 0 Å². The highest BCUT2D eigenvalue weighted by atomic mass is 16.5. The lowest BCUT2D eigenvalue weighted by Crippen LogP contribution is -2.18. The van der Waals surface area contributed by atoms with E-state index in [4.69, 9.17) is 4.74 Å². The van der Waals surface area contributed by atoms with E-state index < -0.39 is 0 Å². The molecule has 1 rings (SSSR count). The third-order valence-electron chi connectivity index (χ3n) is 2.87. The van der Waals surface area contributed by atoms with E-state index in [0.29, 0.717) is 18.2 Å². The first kappa shape index (κ1) is 14.6. The summed E-state index contributed by atoms with van der Waals surface area (Å²) in [6, 6.07) is 7.97. The van der Waals surface area contributed by atoms with Gasteiger partial charge in [0.1, 0.15) is 0 Å². The van der Waals surface area contributed by atoms with Crippen LogP contribution in [0.2, 0.25) is 0 Å². The molecule has 1 aromatic carbocycles. The van der Waals surface area contributed by atoms with Crippen molar-refractivity contribution in [3.8, 4) is 0 Å². The molecule has 0 aliphatic carbocycles. The summed E-state index contributed by atoms with van der Waals surface area (Å²) in [7, 11) is 0. The Kier molecular flexibility index (Phi) is 6.26. The molecule has 1 N–H and O–H groups in total. The van der Waals surface area contributed by atoms with Crippen molar-refractivity contribution in [2.75, 3.05) is 11.9 Å². The SMILES string of the molecule is CCCC(CC)Nc1cccc(C(=O)OCC)c1. The van der Waals surface area contributed by atoms with E-state index in [0.717, 1.165) is 24.9 Å². The van der Waals surface area contributed by atoms with E-state index in [2.05, 4.69) is 19.2 Å². The molecule has 0 saturated heterocycles. The molecular formula is C15H23NO2. The van der Waals surface area contributed by atoms with Crippen LogP contribution in [0.1, 0.15) is 50.4 Å². The van der Waals surface area contributed by atoms with Crippen molar-refractivity contribution in [1.82, 2.24) is 0 Å². The van der Waals surface area contributed by atoms with E-state index in [1.807, 2.05) is 25.1 Å². The van der Waals surface area contributed by atoms with E-state index in [9.17, 15) is 4.79 Å². The maximum absolute atomic E-state index is 11.6. The Balaban J connectivity index is 2.72. The third-order valence-corrected chi connectivity index (χ3v) is 2.87. The van der Waals surface area contributed by atoms with E-state index in [1.54, 1.807) is 6.07 Å². The van der Waals surface area contributed by atoms with Gasteiger partial charge in [0.25, 0.3) is 0 Å². The number of nitrogens with one attached hydrogen (secondary N) is 1. The molecule has 0 aliphatic heterocycles. The largest absolute Gasteiger partial charge is 0.462 e. The minimum atomic E-state index is -0.260. The van der Waals surface area contributed by atoms with Crippen molar-refractivity contribution >= 4 is 11.7 Å². The molecule has 1 atom stereocenters. The van der Waals surface area contributed by atoms with Gasteiger partial charge in [-0.25, -0.2) is 4.79 Å². The first-order valence-electron chi connectivity index (χ1n) is 6.74. The van der Waals surface area contributed by atoms with E-state index in [1.165, 1.54) is 0 Å². The van der Waals surface area contributed by atoms with Gasteiger partial charge in [0.15, 0.2) is 0 Å². The van der Waals surface area contributed by atoms with Crippen LogP contribution < -0.4 is 5.32 Å². The molecule has 0 fully saturated rings. The molecule has 3 heteroatoms. The van der Waals surface area contributed by atoms with Crippen LogP contribution in [0.15, 0.2) is 24.3 Å². The monoisotopic (exact) mass is 249 g/mol. The number of rotatable bonds is 7. The molecule has 0 bridgehead atoms. The molecule has 0 heterocycles. The van der Waals surface area contributed by atoms with Crippen molar-refractivity contribution in [3.05, 3.63) is 29.8 Å². The zero-order chi connectivity index (χ0) is 13.4. The van der Waals surface area contributed by atoms with Gasteiger partial charge in [-0.15, -0.1) is 0 Å². The van der Waals surface area contributed by atoms with Gasteiger partial charge in [-0.2, -0.15) is 0 Å². The molecule has 1 unspecified atom stereocenters. The summed E-state index contributed by atoms with van der Waals surface area (Å²) in [4.78, 5) is 11.6. The first-order valence-corrected chi connectivity index (χ1v) is 6.74. The minimum Gasteiger partial charge on any atom is -0.462 e. The number of anilines is 1. The van der Waals surface area contributed by atoms with Crippen LogP contribution in [0.5, 0.6) is 0 Å². The average Bonchev–Trinajstić information content (AvgIpc) is 2.39. The fourth-order valence-corrected chi connectivity index (χ4v) is 1.91. The Bertz CT molecular complexity index is 377. The number of hydrogen-bond donors (Lipinski definition) is 1. The first-order chi connectivity index (χ1) is 8.71. The Labute approximate surface area is 110 Å². The van der Waals surface area contributed by atoms with Crippen LogP contribution >= 0.6 is 0 Å². The smallest absolute Gasteiger partial charge is 0.338 e. The Morgan fingerprint density at radius 1 is 1.33 bits per heavy atom. The highest BCUT2D eigenvalue weighted by Crippen LogP contribution is 2.15.